The summed E-state index contributed by atoms with van der Waals surface area (Å²) < 4.78 is 5.26. The van der Waals surface area contributed by atoms with E-state index in [1.165, 1.54) is 6.33 Å². The average Bonchev–Trinajstić information content (AvgIpc) is 3.09. The fourth-order valence-electron chi connectivity index (χ4n) is 1.70. The summed E-state index contributed by atoms with van der Waals surface area (Å²) in [4.78, 5) is 8.27. The van der Waals surface area contributed by atoms with Gasteiger partial charge in [-0.25, -0.2) is 4.98 Å². The zero-order valence-corrected chi connectivity index (χ0v) is 10.5. The van der Waals surface area contributed by atoms with E-state index in [2.05, 4.69) is 35.5 Å². The van der Waals surface area contributed by atoms with Crippen molar-refractivity contribution in [2.75, 3.05) is 0 Å². The van der Waals surface area contributed by atoms with Crippen LogP contribution in [0.25, 0.3) is 23.1 Å². The number of nitrogens with one attached hydrogen (secondary N) is 1. The van der Waals surface area contributed by atoms with Gasteiger partial charge in [-0.15, -0.1) is 0 Å². The van der Waals surface area contributed by atoms with Crippen LogP contribution < -0.4 is 0 Å². The molecular formula is C11H11N7O. The molecular weight excluding hydrogens is 246 g/mol. The van der Waals surface area contributed by atoms with Crippen LogP contribution in [-0.2, 0) is 6.42 Å². The van der Waals surface area contributed by atoms with E-state index in [1.807, 2.05) is 19.9 Å². The highest BCUT2D eigenvalue weighted by molar-refractivity contribution is 5.58. The number of aromatic amines is 1. The first-order valence-electron chi connectivity index (χ1n) is 5.81. The van der Waals surface area contributed by atoms with Crippen molar-refractivity contribution in [1.82, 2.24) is 35.5 Å². The molecule has 0 aliphatic rings. The van der Waals surface area contributed by atoms with E-state index in [0.717, 1.165) is 23.4 Å². The minimum Gasteiger partial charge on any atom is -0.333 e. The van der Waals surface area contributed by atoms with Crippen LogP contribution in [0, 0.1) is 6.92 Å². The number of H-pyrrole nitrogens is 1. The van der Waals surface area contributed by atoms with E-state index >= 15 is 0 Å². The van der Waals surface area contributed by atoms with E-state index in [4.69, 9.17) is 4.52 Å². The number of aromatic nitrogens is 7. The zero-order chi connectivity index (χ0) is 13.2. The Balaban J connectivity index is 2.06. The second-order valence-corrected chi connectivity index (χ2v) is 3.96. The van der Waals surface area contributed by atoms with Crippen molar-refractivity contribution in [3.05, 3.63) is 23.8 Å². The average molecular weight is 257 g/mol. The molecule has 0 spiro atoms. The van der Waals surface area contributed by atoms with E-state index < -0.39 is 0 Å². The standard InChI is InChI=1S/C11H11N7O/c1-3-8-7(4-6(2)15-16-8)11-14-10(18-19-11)9-12-5-13-17-9/h4-5H,3H2,1-2H3,(H,12,13,17). The first-order valence-corrected chi connectivity index (χ1v) is 5.81. The Hall–Kier alpha value is -2.64. The third-order valence-corrected chi connectivity index (χ3v) is 2.61. The highest BCUT2D eigenvalue weighted by atomic mass is 16.5. The van der Waals surface area contributed by atoms with Crippen molar-refractivity contribution in [1.29, 1.82) is 0 Å². The molecule has 0 aliphatic heterocycles. The molecule has 0 unspecified atom stereocenters. The van der Waals surface area contributed by atoms with Gasteiger partial charge in [-0.05, 0) is 19.4 Å². The van der Waals surface area contributed by atoms with Crippen molar-refractivity contribution < 1.29 is 4.52 Å². The third kappa shape index (κ3) is 2.07. The van der Waals surface area contributed by atoms with Crippen LogP contribution in [0.15, 0.2) is 16.9 Å². The maximum absolute atomic E-state index is 5.26. The molecule has 0 radical (unpaired) electrons. The van der Waals surface area contributed by atoms with Gasteiger partial charge in [0.25, 0.3) is 5.89 Å². The van der Waals surface area contributed by atoms with Crippen molar-refractivity contribution >= 4 is 0 Å². The minimum atomic E-state index is 0.365. The summed E-state index contributed by atoms with van der Waals surface area (Å²) in [7, 11) is 0. The van der Waals surface area contributed by atoms with E-state index in [0.29, 0.717) is 17.5 Å². The van der Waals surface area contributed by atoms with Crippen LogP contribution in [0.4, 0.5) is 0 Å². The smallest absolute Gasteiger partial charge is 0.260 e. The molecule has 0 aliphatic carbocycles. The topological polar surface area (TPSA) is 106 Å². The number of rotatable bonds is 3. The largest absolute Gasteiger partial charge is 0.333 e. The molecule has 0 saturated heterocycles. The number of nitrogens with zero attached hydrogens (tertiary/aromatic N) is 6. The second kappa shape index (κ2) is 4.56. The van der Waals surface area contributed by atoms with Crippen molar-refractivity contribution in [3.8, 4) is 23.1 Å². The molecule has 3 rings (SSSR count). The van der Waals surface area contributed by atoms with Crippen LogP contribution in [0.1, 0.15) is 18.3 Å². The van der Waals surface area contributed by atoms with Gasteiger partial charge in [0.05, 0.1) is 17.0 Å². The molecule has 0 atom stereocenters. The summed E-state index contributed by atoms with van der Waals surface area (Å²) in [5.41, 5.74) is 2.42. The summed E-state index contributed by atoms with van der Waals surface area (Å²) in [6.07, 6.45) is 2.13. The second-order valence-electron chi connectivity index (χ2n) is 3.96. The lowest BCUT2D eigenvalue weighted by Gasteiger charge is -2.01. The Morgan fingerprint density at radius 2 is 2.21 bits per heavy atom. The Kier molecular flexibility index (Phi) is 2.75. The predicted octanol–water partition coefficient (Wildman–Crippen LogP) is 1.18. The molecule has 19 heavy (non-hydrogen) atoms. The first-order chi connectivity index (χ1) is 9.28. The maximum atomic E-state index is 5.26. The van der Waals surface area contributed by atoms with Gasteiger partial charge >= 0.3 is 0 Å². The van der Waals surface area contributed by atoms with Gasteiger partial charge in [0, 0.05) is 0 Å². The summed E-state index contributed by atoms with van der Waals surface area (Å²) in [6, 6.07) is 1.88. The molecule has 3 aromatic heterocycles. The van der Waals surface area contributed by atoms with Gasteiger partial charge in [0.15, 0.2) is 5.82 Å². The monoisotopic (exact) mass is 257 g/mol. The summed E-state index contributed by atoms with van der Waals surface area (Å²) >= 11 is 0. The molecule has 0 bridgehead atoms. The molecule has 3 heterocycles. The number of hydrogen-bond donors (Lipinski definition) is 1. The molecule has 1 N–H and O–H groups in total. The molecule has 3 aromatic rings. The van der Waals surface area contributed by atoms with Gasteiger partial charge < -0.3 is 4.52 Å². The highest BCUT2D eigenvalue weighted by Crippen LogP contribution is 2.23. The van der Waals surface area contributed by atoms with Crippen molar-refractivity contribution in [3.63, 3.8) is 0 Å². The number of hydrogen-bond acceptors (Lipinski definition) is 7. The third-order valence-electron chi connectivity index (χ3n) is 2.61. The van der Waals surface area contributed by atoms with Gasteiger partial charge in [0.1, 0.15) is 6.33 Å². The quantitative estimate of drug-likeness (QED) is 0.750. The Morgan fingerprint density at radius 1 is 1.32 bits per heavy atom. The molecule has 8 nitrogen and oxygen atoms in total. The lowest BCUT2D eigenvalue weighted by Crippen LogP contribution is -1.97. The van der Waals surface area contributed by atoms with Crippen LogP contribution >= 0.6 is 0 Å². The lowest BCUT2D eigenvalue weighted by atomic mass is 10.1. The van der Waals surface area contributed by atoms with E-state index in [-0.39, 0.29) is 0 Å². The Bertz CT molecular complexity index is 689. The van der Waals surface area contributed by atoms with Gasteiger partial charge in [-0.1, -0.05) is 12.1 Å². The molecule has 0 fully saturated rings. The van der Waals surface area contributed by atoms with Gasteiger partial charge in [0.2, 0.25) is 5.82 Å². The fourth-order valence-corrected chi connectivity index (χ4v) is 1.70. The van der Waals surface area contributed by atoms with Gasteiger partial charge in [-0.2, -0.15) is 20.3 Å². The maximum Gasteiger partial charge on any atom is 0.260 e. The SMILES string of the molecule is CCc1nnc(C)cc1-c1nc(-c2ncn[nH]2)no1. The summed E-state index contributed by atoms with van der Waals surface area (Å²) in [6.45, 7) is 3.86. The molecule has 96 valence electrons. The predicted molar refractivity (Wildman–Crippen MR) is 64.8 cm³/mol. The van der Waals surface area contributed by atoms with Crippen LogP contribution in [-0.4, -0.2) is 35.5 Å². The summed E-state index contributed by atoms with van der Waals surface area (Å²) in [5, 5.41) is 18.5. The highest BCUT2D eigenvalue weighted by Gasteiger charge is 2.16. The number of aryl methyl sites for hydroxylation is 2. The normalized spacial score (nSPS) is 10.8. The minimum absolute atomic E-state index is 0.365. The van der Waals surface area contributed by atoms with E-state index in [1.54, 1.807) is 0 Å². The van der Waals surface area contributed by atoms with Crippen LogP contribution in [0.3, 0.4) is 0 Å². The molecule has 0 aromatic carbocycles. The zero-order valence-electron chi connectivity index (χ0n) is 10.5. The van der Waals surface area contributed by atoms with Crippen molar-refractivity contribution in [2.24, 2.45) is 0 Å². The molecule has 0 saturated carbocycles. The van der Waals surface area contributed by atoms with Gasteiger partial charge in [-0.3, -0.25) is 5.10 Å². The van der Waals surface area contributed by atoms with Crippen LogP contribution in [0.2, 0.25) is 0 Å². The Morgan fingerprint density at radius 3 is 2.95 bits per heavy atom. The molecule has 8 heteroatoms. The molecule has 0 amide bonds. The fraction of sp³-hybridized carbons (Fsp3) is 0.273. The lowest BCUT2D eigenvalue weighted by molar-refractivity contribution is 0.431. The summed E-state index contributed by atoms with van der Waals surface area (Å²) in [5.74, 6) is 1.23. The van der Waals surface area contributed by atoms with Crippen LogP contribution in [0.5, 0.6) is 0 Å². The first kappa shape index (κ1) is 11.5. The van der Waals surface area contributed by atoms with Crippen molar-refractivity contribution in [2.45, 2.75) is 20.3 Å². The van der Waals surface area contributed by atoms with E-state index in [9.17, 15) is 0 Å². The Labute approximate surface area is 108 Å².